The van der Waals surface area contributed by atoms with Crippen molar-refractivity contribution in [1.82, 2.24) is 9.78 Å². The van der Waals surface area contributed by atoms with Gasteiger partial charge in [-0.15, -0.1) is 0 Å². The molecule has 1 aromatic carbocycles. The minimum Gasteiger partial charge on any atom is -0.458 e. The fraction of sp³-hybridized carbons (Fsp3) is 0.333. The number of benzene rings is 1. The van der Waals surface area contributed by atoms with Crippen LogP contribution >= 0.6 is 0 Å². The van der Waals surface area contributed by atoms with Crippen molar-refractivity contribution in [3.63, 3.8) is 0 Å². The molecular formula is C21H23F2N3O2. The molecule has 2 N–H and O–H groups in total. The average molecular weight is 387 g/mol. The first-order valence-corrected chi connectivity index (χ1v) is 9.06. The Balaban J connectivity index is 1.76. The van der Waals surface area contributed by atoms with Crippen molar-refractivity contribution in [3.8, 4) is 11.3 Å². The lowest BCUT2D eigenvalue weighted by atomic mass is 9.93. The van der Waals surface area contributed by atoms with Crippen LogP contribution in [-0.2, 0) is 13.5 Å². The van der Waals surface area contributed by atoms with Crippen LogP contribution < -0.4 is 5.73 Å². The molecule has 0 amide bonds. The molecule has 2 aromatic heterocycles. The second-order valence-corrected chi connectivity index (χ2v) is 7.06. The summed E-state index contributed by atoms with van der Waals surface area (Å²) in [7, 11) is 1.84. The molecule has 0 spiro atoms. The zero-order valence-corrected chi connectivity index (χ0v) is 16.1. The van der Waals surface area contributed by atoms with Gasteiger partial charge in [0.05, 0.1) is 11.9 Å². The molecule has 0 aliphatic heterocycles. The first-order chi connectivity index (χ1) is 13.3. The van der Waals surface area contributed by atoms with Gasteiger partial charge in [-0.25, -0.2) is 8.78 Å². The van der Waals surface area contributed by atoms with Crippen LogP contribution in [0.5, 0.6) is 0 Å². The van der Waals surface area contributed by atoms with Gasteiger partial charge in [0.15, 0.2) is 23.2 Å². The summed E-state index contributed by atoms with van der Waals surface area (Å²) in [5, 5.41) is 4.23. The quantitative estimate of drug-likeness (QED) is 0.623. The fourth-order valence-corrected chi connectivity index (χ4v) is 3.39. The van der Waals surface area contributed by atoms with Crippen molar-refractivity contribution in [2.45, 2.75) is 26.7 Å². The topological polar surface area (TPSA) is 74.0 Å². The molecule has 0 saturated heterocycles. The van der Waals surface area contributed by atoms with Crippen LogP contribution in [0.1, 0.15) is 33.9 Å². The van der Waals surface area contributed by atoms with Gasteiger partial charge in [-0.3, -0.25) is 9.48 Å². The highest BCUT2D eigenvalue weighted by Crippen LogP contribution is 2.30. The molecule has 0 aliphatic rings. The van der Waals surface area contributed by atoms with E-state index in [1.807, 2.05) is 14.0 Å². The van der Waals surface area contributed by atoms with Crippen LogP contribution in [0.4, 0.5) is 8.78 Å². The Bertz CT molecular complexity index is 988. The molecule has 0 radical (unpaired) electrons. The summed E-state index contributed by atoms with van der Waals surface area (Å²) >= 11 is 0. The maximum Gasteiger partial charge on any atom is 0.198 e. The largest absolute Gasteiger partial charge is 0.458 e. The predicted molar refractivity (Wildman–Crippen MR) is 102 cm³/mol. The molecule has 148 valence electrons. The minimum absolute atomic E-state index is 0.159. The SMILES string of the molecule is Cc1cnn(C)c1-c1cc(C(=O)C[C@H](CN)Cc2ccc(F)c(F)c2)oc1C. The predicted octanol–water partition coefficient (Wildman–Crippen LogP) is 3.97. The third-order valence-electron chi connectivity index (χ3n) is 4.89. The van der Waals surface area contributed by atoms with Crippen LogP contribution in [0.25, 0.3) is 11.3 Å². The number of carbonyl (C=O) groups is 1. The smallest absolute Gasteiger partial charge is 0.198 e. The van der Waals surface area contributed by atoms with Gasteiger partial charge in [0.2, 0.25) is 0 Å². The third-order valence-corrected chi connectivity index (χ3v) is 4.89. The van der Waals surface area contributed by atoms with Gasteiger partial charge in [0, 0.05) is 19.0 Å². The molecule has 3 aromatic rings. The van der Waals surface area contributed by atoms with Crippen molar-refractivity contribution in [3.05, 3.63) is 64.7 Å². The number of hydrogen-bond acceptors (Lipinski definition) is 4. The standard InChI is InChI=1S/C21H23F2N3O2/c1-12-11-25-26(3)21(12)16-9-20(28-13(16)2)19(27)8-15(10-24)6-14-4-5-17(22)18(23)7-14/h4-5,7,9,11,15H,6,8,10,24H2,1-3H3/t15-/m1/s1. The maximum absolute atomic E-state index is 13.4. The molecule has 28 heavy (non-hydrogen) atoms. The van der Waals surface area contributed by atoms with E-state index in [1.54, 1.807) is 23.9 Å². The van der Waals surface area contributed by atoms with E-state index in [9.17, 15) is 13.6 Å². The number of rotatable bonds is 7. The number of furan rings is 1. The second-order valence-electron chi connectivity index (χ2n) is 7.06. The van der Waals surface area contributed by atoms with E-state index < -0.39 is 11.6 Å². The molecule has 0 saturated carbocycles. The molecule has 3 rings (SSSR count). The summed E-state index contributed by atoms with van der Waals surface area (Å²) < 4.78 is 33.9. The normalized spacial score (nSPS) is 12.4. The Morgan fingerprint density at radius 2 is 2.00 bits per heavy atom. The molecule has 0 fully saturated rings. The highest BCUT2D eigenvalue weighted by molar-refractivity contribution is 5.95. The third kappa shape index (κ3) is 4.04. The van der Waals surface area contributed by atoms with Crippen LogP contribution in [0, 0.1) is 31.4 Å². The highest BCUT2D eigenvalue weighted by Gasteiger charge is 2.22. The number of carbonyl (C=O) groups excluding carboxylic acids is 1. The molecule has 2 heterocycles. The van der Waals surface area contributed by atoms with E-state index >= 15 is 0 Å². The number of ketones is 1. The number of nitrogens with zero attached hydrogens (tertiary/aromatic N) is 2. The van der Waals surface area contributed by atoms with Crippen molar-refractivity contribution in [2.75, 3.05) is 6.54 Å². The number of nitrogens with two attached hydrogens (primary N) is 1. The summed E-state index contributed by atoms with van der Waals surface area (Å²) in [5.41, 5.74) is 9.12. The van der Waals surface area contributed by atoms with Gasteiger partial charge >= 0.3 is 0 Å². The number of halogens is 2. The van der Waals surface area contributed by atoms with Crippen molar-refractivity contribution in [2.24, 2.45) is 18.7 Å². The maximum atomic E-state index is 13.4. The summed E-state index contributed by atoms with van der Waals surface area (Å²) in [5.74, 6) is -1.28. The summed E-state index contributed by atoms with van der Waals surface area (Å²) in [6.45, 7) is 4.00. The van der Waals surface area contributed by atoms with Crippen molar-refractivity contribution in [1.29, 1.82) is 0 Å². The first kappa shape index (κ1) is 19.9. The molecule has 1 atom stereocenters. The number of aromatic nitrogens is 2. The lowest BCUT2D eigenvalue weighted by Crippen LogP contribution is -2.20. The zero-order chi connectivity index (χ0) is 20.4. The van der Waals surface area contributed by atoms with E-state index in [-0.39, 0.29) is 30.4 Å². The minimum atomic E-state index is -0.905. The zero-order valence-electron chi connectivity index (χ0n) is 16.1. The van der Waals surface area contributed by atoms with Gasteiger partial charge < -0.3 is 10.2 Å². The van der Waals surface area contributed by atoms with E-state index in [0.717, 1.165) is 29.0 Å². The Morgan fingerprint density at radius 3 is 2.61 bits per heavy atom. The number of aryl methyl sites for hydroxylation is 3. The molecule has 0 aliphatic carbocycles. The van der Waals surface area contributed by atoms with Crippen LogP contribution in [-0.4, -0.2) is 22.1 Å². The monoisotopic (exact) mass is 387 g/mol. The molecule has 0 unspecified atom stereocenters. The van der Waals surface area contributed by atoms with Crippen molar-refractivity contribution < 1.29 is 18.0 Å². The van der Waals surface area contributed by atoms with E-state index in [1.165, 1.54) is 6.07 Å². The summed E-state index contributed by atoms with van der Waals surface area (Å²) in [4.78, 5) is 12.7. The summed E-state index contributed by atoms with van der Waals surface area (Å²) in [6.07, 6.45) is 2.30. The molecule has 7 heteroatoms. The number of hydrogen-bond donors (Lipinski definition) is 1. The van der Waals surface area contributed by atoms with E-state index in [4.69, 9.17) is 10.2 Å². The van der Waals surface area contributed by atoms with Gasteiger partial charge in [-0.1, -0.05) is 6.07 Å². The van der Waals surface area contributed by atoms with E-state index in [2.05, 4.69) is 5.10 Å². The van der Waals surface area contributed by atoms with Crippen molar-refractivity contribution >= 4 is 5.78 Å². The van der Waals surface area contributed by atoms with Gasteiger partial charge in [-0.2, -0.15) is 5.10 Å². The van der Waals surface area contributed by atoms with E-state index in [0.29, 0.717) is 17.7 Å². The lowest BCUT2D eigenvalue weighted by molar-refractivity contribution is 0.0933. The molecule has 0 bridgehead atoms. The Kier molecular flexibility index (Phi) is 5.74. The lowest BCUT2D eigenvalue weighted by Gasteiger charge is -2.13. The molecular weight excluding hydrogens is 364 g/mol. The molecule has 5 nitrogen and oxygen atoms in total. The van der Waals surface area contributed by atoms with Gasteiger partial charge in [0.25, 0.3) is 0 Å². The van der Waals surface area contributed by atoms with Gasteiger partial charge in [-0.05, 0) is 62.1 Å². The Labute approximate surface area is 162 Å². The average Bonchev–Trinajstić information content (AvgIpc) is 3.19. The van der Waals surface area contributed by atoms with Crippen LogP contribution in [0.2, 0.25) is 0 Å². The first-order valence-electron chi connectivity index (χ1n) is 9.06. The van der Waals surface area contributed by atoms with Crippen LogP contribution in [0.15, 0.2) is 34.9 Å². The van der Waals surface area contributed by atoms with Gasteiger partial charge in [0.1, 0.15) is 5.76 Å². The second kappa shape index (κ2) is 8.06. The number of Topliss-reactive ketones (excluding diaryl/α,β-unsaturated/α-hetero) is 1. The Morgan fingerprint density at radius 1 is 1.25 bits per heavy atom. The van der Waals surface area contributed by atoms with Crippen LogP contribution in [0.3, 0.4) is 0 Å². The fourth-order valence-electron chi connectivity index (χ4n) is 3.39. The summed E-state index contributed by atoms with van der Waals surface area (Å²) in [6, 6.07) is 5.46. The highest BCUT2D eigenvalue weighted by atomic mass is 19.2. The Hall–Kier alpha value is -2.80.